The molecule has 16 heavy (non-hydrogen) atoms. The fourth-order valence-electron chi connectivity index (χ4n) is 2.09. The molecule has 86 valence electrons. The van der Waals surface area contributed by atoms with E-state index < -0.39 is 0 Å². The summed E-state index contributed by atoms with van der Waals surface area (Å²) in [5.41, 5.74) is 9.51. The van der Waals surface area contributed by atoms with Gasteiger partial charge in [0.2, 0.25) is 0 Å². The number of nitrogens with two attached hydrogens (primary N) is 1. The Hall–Kier alpha value is -0.680. The Labute approximate surface area is 104 Å². The average Bonchev–Trinajstić information content (AvgIpc) is 2.58. The Morgan fingerprint density at radius 1 is 1.50 bits per heavy atom. The van der Waals surface area contributed by atoms with Crippen LogP contribution in [0.2, 0.25) is 0 Å². The van der Waals surface area contributed by atoms with Crippen molar-refractivity contribution in [3.63, 3.8) is 0 Å². The standard InChI is InChI=1S/C11H12N2OS.ClH/c1-6-13-11-9(15-6)3-2-7-4-14-5-8(12)10(7)11;/h2-3,8H,4-5,12H2,1H3;1H. The molecule has 1 aromatic carbocycles. The van der Waals surface area contributed by atoms with Crippen molar-refractivity contribution in [2.75, 3.05) is 6.61 Å². The highest BCUT2D eigenvalue weighted by atomic mass is 35.5. The van der Waals surface area contributed by atoms with Gasteiger partial charge in [-0.25, -0.2) is 4.98 Å². The van der Waals surface area contributed by atoms with Gasteiger partial charge in [-0.05, 0) is 18.6 Å². The van der Waals surface area contributed by atoms with Crippen LogP contribution in [0, 0.1) is 6.92 Å². The quantitative estimate of drug-likeness (QED) is 0.788. The molecule has 1 aromatic heterocycles. The maximum atomic E-state index is 6.06. The lowest BCUT2D eigenvalue weighted by molar-refractivity contribution is 0.0930. The molecule has 2 aromatic rings. The van der Waals surface area contributed by atoms with Gasteiger partial charge in [-0.15, -0.1) is 23.7 Å². The van der Waals surface area contributed by atoms with Gasteiger partial charge >= 0.3 is 0 Å². The normalized spacial score (nSPS) is 19.2. The number of benzene rings is 1. The number of ether oxygens (including phenoxy) is 1. The van der Waals surface area contributed by atoms with Crippen molar-refractivity contribution in [1.82, 2.24) is 4.98 Å². The number of thiazole rings is 1. The van der Waals surface area contributed by atoms with Gasteiger partial charge in [-0.1, -0.05) is 6.07 Å². The van der Waals surface area contributed by atoms with E-state index in [4.69, 9.17) is 10.5 Å². The van der Waals surface area contributed by atoms with Crippen LogP contribution in [-0.4, -0.2) is 11.6 Å². The van der Waals surface area contributed by atoms with E-state index in [2.05, 4.69) is 17.1 Å². The molecule has 2 N–H and O–H groups in total. The molecule has 0 spiro atoms. The lowest BCUT2D eigenvalue weighted by Gasteiger charge is -2.22. The first kappa shape index (κ1) is 11.8. The third kappa shape index (κ3) is 1.72. The second-order valence-corrected chi connectivity index (χ2v) is 5.07. The molecule has 0 radical (unpaired) electrons. The first-order valence-corrected chi connectivity index (χ1v) is 5.79. The smallest absolute Gasteiger partial charge is 0.0907 e. The lowest BCUT2D eigenvalue weighted by Crippen LogP contribution is -2.23. The molecule has 1 atom stereocenters. The molecular weight excluding hydrogens is 244 g/mol. The average molecular weight is 257 g/mol. The number of halogens is 1. The van der Waals surface area contributed by atoms with Crippen LogP contribution in [0.15, 0.2) is 12.1 Å². The maximum absolute atomic E-state index is 6.06. The van der Waals surface area contributed by atoms with Gasteiger partial charge < -0.3 is 10.5 Å². The Bertz CT molecular complexity index is 526. The Balaban J connectivity index is 0.000000963. The van der Waals surface area contributed by atoms with Crippen molar-refractivity contribution in [2.45, 2.75) is 19.6 Å². The maximum Gasteiger partial charge on any atom is 0.0907 e. The van der Waals surface area contributed by atoms with Crippen molar-refractivity contribution in [1.29, 1.82) is 0 Å². The first-order chi connectivity index (χ1) is 7.25. The van der Waals surface area contributed by atoms with Crippen molar-refractivity contribution < 1.29 is 4.74 Å². The Morgan fingerprint density at radius 3 is 3.12 bits per heavy atom. The number of hydrogen-bond donors (Lipinski definition) is 1. The largest absolute Gasteiger partial charge is 0.375 e. The predicted molar refractivity (Wildman–Crippen MR) is 68.2 cm³/mol. The van der Waals surface area contributed by atoms with Crippen LogP contribution in [0.25, 0.3) is 10.2 Å². The molecule has 3 rings (SSSR count). The minimum atomic E-state index is -0.0288. The second kappa shape index (κ2) is 4.30. The molecule has 1 aliphatic rings. The summed E-state index contributed by atoms with van der Waals surface area (Å²) >= 11 is 1.72. The summed E-state index contributed by atoms with van der Waals surface area (Å²) in [6, 6.07) is 4.19. The van der Waals surface area contributed by atoms with Crippen LogP contribution in [0.5, 0.6) is 0 Å². The Kier molecular flexibility index (Phi) is 3.17. The van der Waals surface area contributed by atoms with E-state index in [1.165, 1.54) is 15.8 Å². The van der Waals surface area contributed by atoms with Gasteiger partial charge in [0.1, 0.15) is 0 Å². The molecule has 0 aliphatic carbocycles. The second-order valence-electron chi connectivity index (χ2n) is 3.84. The highest BCUT2D eigenvalue weighted by molar-refractivity contribution is 7.18. The molecule has 0 bridgehead atoms. The topological polar surface area (TPSA) is 48.1 Å². The van der Waals surface area contributed by atoms with Crippen molar-refractivity contribution in [3.05, 3.63) is 28.3 Å². The van der Waals surface area contributed by atoms with Crippen LogP contribution < -0.4 is 5.73 Å². The van der Waals surface area contributed by atoms with Crippen LogP contribution in [0.4, 0.5) is 0 Å². The molecule has 1 unspecified atom stereocenters. The molecule has 0 fully saturated rings. The summed E-state index contributed by atoms with van der Waals surface area (Å²) in [5.74, 6) is 0. The summed E-state index contributed by atoms with van der Waals surface area (Å²) in [6.45, 7) is 3.29. The van der Waals surface area contributed by atoms with Crippen molar-refractivity contribution in [3.8, 4) is 0 Å². The van der Waals surface area contributed by atoms with Gasteiger partial charge in [0.05, 0.1) is 34.5 Å². The minimum Gasteiger partial charge on any atom is -0.375 e. The van der Waals surface area contributed by atoms with Gasteiger partial charge in [0, 0.05) is 5.56 Å². The van der Waals surface area contributed by atoms with E-state index in [-0.39, 0.29) is 18.4 Å². The van der Waals surface area contributed by atoms with Crippen LogP contribution >= 0.6 is 23.7 Å². The fourth-order valence-corrected chi connectivity index (χ4v) is 2.93. The van der Waals surface area contributed by atoms with Gasteiger partial charge in [-0.3, -0.25) is 0 Å². The third-order valence-electron chi connectivity index (χ3n) is 2.72. The number of nitrogens with zero attached hydrogens (tertiary/aromatic N) is 1. The van der Waals surface area contributed by atoms with Crippen molar-refractivity contribution in [2.24, 2.45) is 5.73 Å². The number of fused-ring (bicyclic) bond motifs is 3. The zero-order chi connectivity index (χ0) is 10.4. The van der Waals surface area contributed by atoms with Crippen LogP contribution in [0.1, 0.15) is 22.2 Å². The van der Waals surface area contributed by atoms with Crippen LogP contribution in [0.3, 0.4) is 0 Å². The number of rotatable bonds is 0. The monoisotopic (exact) mass is 256 g/mol. The van der Waals surface area contributed by atoms with Crippen molar-refractivity contribution >= 4 is 34.0 Å². The lowest BCUT2D eigenvalue weighted by atomic mass is 9.98. The number of aromatic nitrogens is 1. The van der Waals surface area contributed by atoms with E-state index >= 15 is 0 Å². The number of aryl methyl sites for hydroxylation is 1. The highest BCUT2D eigenvalue weighted by Gasteiger charge is 2.21. The van der Waals surface area contributed by atoms with E-state index in [9.17, 15) is 0 Å². The zero-order valence-electron chi connectivity index (χ0n) is 8.90. The minimum absolute atomic E-state index is 0. The van der Waals surface area contributed by atoms with E-state index in [0.29, 0.717) is 13.2 Å². The summed E-state index contributed by atoms with van der Waals surface area (Å²) in [7, 11) is 0. The SMILES string of the molecule is Cc1nc2c3c(ccc2s1)COCC3N.Cl. The summed E-state index contributed by atoms with van der Waals surface area (Å²) in [6.07, 6.45) is 0. The summed E-state index contributed by atoms with van der Waals surface area (Å²) in [4.78, 5) is 4.56. The molecule has 5 heteroatoms. The third-order valence-corrected chi connectivity index (χ3v) is 3.66. The van der Waals surface area contributed by atoms with Gasteiger partial charge in [0.15, 0.2) is 0 Å². The Morgan fingerprint density at radius 2 is 2.31 bits per heavy atom. The van der Waals surface area contributed by atoms with E-state index in [1.807, 2.05) is 6.92 Å². The highest BCUT2D eigenvalue weighted by Crippen LogP contribution is 2.33. The van der Waals surface area contributed by atoms with E-state index in [0.717, 1.165) is 10.5 Å². The number of hydrogen-bond acceptors (Lipinski definition) is 4. The first-order valence-electron chi connectivity index (χ1n) is 4.98. The predicted octanol–water partition coefficient (Wildman–Crippen LogP) is 2.56. The molecule has 0 saturated carbocycles. The molecule has 1 aliphatic heterocycles. The summed E-state index contributed by atoms with van der Waals surface area (Å²) < 4.78 is 6.64. The van der Waals surface area contributed by atoms with Gasteiger partial charge in [0.25, 0.3) is 0 Å². The molecule has 3 nitrogen and oxygen atoms in total. The molecule has 0 saturated heterocycles. The molecular formula is C11H13ClN2OS. The summed E-state index contributed by atoms with van der Waals surface area (Å²) in [5, 5.41) is 1.09. The van der Waals surface area contributed by atoms with Gasteiger partial charge in [-0.2, -0.15) is 0 Å². The molecule has 0 amide bonds. The van der Waals surface area contributed by atoms with E-state index in [1.54, 1.807) is 11.3 Å². The molecule has 2 heterocycles. The fraction of sp³-hybridized carbons (Fsp3) is 0.364. The van der Waals surface area contributed by atoms with Crippen LogP contribution in [-0.2, 0) is 11.3 Å². The zero-order valence-corrected chi connectivity index (χ0v) is 10.5.